The minimum absolute atomic E-state index is 0.0101. The number of hydrogen-bond acceptors (Lipinski definition) is 6. The fourth-order valence-electron chi connectivity index (χ4n) is 2.20. The fourth-order valence-corrected chi connectivity index (χ4v) is 3.39. The number of rotatable bonds is 6. The monoisotopic (exact) mass is 313 g/mol. The molecule has 2 rings (SSSR count). The first-order valence-electron chi connectivity index (χ1n) is 7.28. The minimum Gasteiger partial charge on any atom is -0.354 e. The number of hydrogen-bond donors (Lipinski definition) is 2. The van der Waals surface area contributed by atoms with Gasteiger partial charge >= 0.3 is 0 Å². The lowest BCUT2D eigenvalue weighted by atomic mass is 10.1. The Hall–Kier alpha value is -1.25. The van der Waals surface area contributed by atoms with Crippen molar-refractivity contribution in [3.05, 3.63) is 12.4 Å². The molecule has 0 aromatic carbocycles. The average molecular weight is 313 g/mol. The molecule has 7 nitrogen and oxygen atoms in total. The molecule has 0 atom stereocenters. The van der Waals surface area contributed by atoms with E-state index in [1.165, 1.54) is 12.4 Å². The maximum atomic E-state index is 12.3. The number of likely N-dealkylation sites (tertiary alicyclic amines) is 1. The van der Waals surface area contributed by atoms with Gasteiger partial charge in [0.25, 0.3) is 0 Å². The summed E-state index contributed by atoms with van der Waals surface area (Å²) >= 11 is 0. The number of nitrogens with one attached hydrogen (secondary N) is 2. The molecule has 0 spiro atoms. The maximum absolute atomic E-state index is 12.3. The molecular formula is C13H23N5O2S. The molecule has 0 bridgehead atoms. The molecule has 1 aliphatic rings. The van der Waals surface area contributed by atoms with Crippen LogP contribution < -0.4 is 10.0 Å². The van der Waals surface area contributed by atoms with E-state index in [4.69, 9.17) is 0 Å². The Kier molecular flexibility index (Phi) is 5.49. The van der Waals surface area contributed by atoms with Crippen molar-refractivity contribution in [2.24, 2.45) is 0 Å². The summed E-state index contributed by atoms with van der Waals surface area (Å²) in [4.78, 5) is 10.4. The Morgan fingerprint density at radius 3 is 2.48 bits per heavy atom. The average Bonchev–Trinajstić information content (AvgIpc) is 2.48. The van der Waals surface area contributed by atoms with Crippen molar-refractivity contribution in [3.63, 3.8) is 0 Å². The second-order valence-corrected chi connectivity index (χ2v) is 7.08. The third-order valence-electron chi connectivity index (χ3n) is 3.51. The van der Waals surface area contributed by atoms with Crippen LogP contribution in [0.4, 0.5) is 5.95 Å². The molecule has 2 heterocycles. The Bertz CT molecular complexity index is 538. The largest absolute Gasteiger partial charge is 0.354 e. The van der Waals surface area contributed by atoms with Gasteiger partial charge in [-0.25, -0.2) is 23.1 Å². The van der Waals surface area contributed by atoms with Crippen LogP contribution in [-0.2, 0) is 10.0 Å². The summed E-state index contributed by atoms with van der Waals surface area (Å²) in [5, 5.41) is 3.02. The molecular weight excluding hydrogens is 290 g/mol. The predicted molar refractivity (Wildman–Crippen MR) is 81.7 cm³/mol. The fraction of sp³-hybridized carbons (Fsp3) is 0.692. The molecule has 118 valence electrons. The predicted octanol–water partition coefficient (Wildman–Crippen LogP) is 0.671. The van der Waals surface area contributed by atoms with E-state index in [1.807, 2.05) is 14.0 Å². The van der Waals surface area contributed by atoms with E-state index < -0.39 is 10.0 Å². The van der Waals surface area contributed by atoms with E-state index in [9.17, 15) is 8.42 Å². The van der Waals surface area contributed by atoms with Crippen molar-refractivity contribution >= 4 is 16.0 Å². The third kappa shape index (κ3) is 4.62. The normalized spacial score (nSPS) is 17.8. The number of nitrogens with zero attached hydrogens (tertiary/aromatic N) is 3. The van der Waals surface area contributed by atoms with Crippen LogP contribution in [0.5, 0.6) is 0 Å². The summed E-state index contributed by atoms with van der Waals surface area (Å²) in [6, 6.07) is -0.0101. The lowest BCUT2D eigenvalue weighted by Crippen LogP contribution is -2.43. The maximum Gasteiger partial charge on any atom is 0.243 e. The topological polar surface area (TPSA) is 87.2 Å². The number of aromatic nitrogens is 2. The molecule has 21 heavy (non-hydrogen) atoms. The molecule has 0 unspecified atom stereocenters. The molecule has 0 saturated carbocycles. The van der Waals surface area contributed by atoms with E-state index in [0.717, 1.165) is 38.9 Å². The van der Waals surface area contributed by atoms with Gasteiger partial charge in [0.05, 0.1) is 12.4 Å². The van der Waals surface area contributed by atoms with Gasteiger partial charge in [-0.2, -0.15) is 0 Å². The van der Waals surface area contributed by atoms with Gasteiger partial charge in [0.1, 0.15) is 4.90 Å². The van der Waals surface area contributed by atoms with Gasteiger partial charge in [0.15, 0.2) is 0 Å². The van der Waals surface area contributed by atoms with Crippen molar-refractivity contribution in [3.8, 4) is 0 Å². The first-order chi connectivity index (χ1) is 10.0. The third-order valence-corrected chi connectivity index (χ3v) is 4.99. The number of anilines is 1. The smallest absolute Gasteiger partial charge is 0.243 e. The van der Waals surface area contributed by atoms with Crippen LogP contribution in [0, 0.1) is 0 Å². The summed E-state index contributed by atoms with van der Waals surface area (Å²) in [6.07, 6.45) is 5.31. The van der Waals surface area contributed by atoms with E-state index in [1.54, 1.807) is 0 Å². The van der Waals surface area contributed by atoms with Gasteiger partial charge in [0, 0.05) is 12.6 Å². The highest BCUT2D eigenvalue weighted by molar-refractivity contribution is 7.89. The van der Waals surface area contributed by atoms with Crippen molar-refractivity contribution in [1.29, 1.82) is 0 Å². The van der Waals surface area contributed by atoms with Crippen molar-refractivity contribution < 1.29 is 8.42 Å². The molecule has 1 aliphatic heterocycles. The van der Waals surface area contributed by atoms with Gasteiger partial charge < -0.3 is 10.2 Å². The highest BCUT2D eigenvalue weighted by atomic mass is 32.2. The zero-order valence-electron chi connectivity index (χ0n) is 12.5. The van der Waals surface area contributed by atoms with Crippen LogP contribution in [0.25, 0.3) is 0 Å². The summed E-state index contributed by atoms with van der Waals surface area (Å²) < 4.78 is 27.3. The summed E-state index contributed by atoms with van der Waals surface area (Å²) in [5.74, 6) is 0.454. The van der Waals surface area contributed by atoms with Crippen LogP contribution in [0.2, 0.25) is 0 Å². The second kappa shape index (κ2) is 7.15. The molecule has 1 aromatic rings. The lowest BCUT2D eigenvalue weighted by molar-refractivity contribution is 0.248. The quantitative estimate of drug-likeness (QED) is 0.803. The standard InChI is InChI=1S/C13H23N5O2S/c1-3-6-14-13-15-9-12(10-16-13)21(19,20)17-11-4-7-18(2)8-5-11/h9-11,17H,3-8H2,1-2H3,(H,14,15,16). The van der Waals surface area contributed by atoms with Gasteiger partial charge in [-0.3, -0.25) is 0 Å². The van der Waals surface area contributed by atoms with Crippen molar-refractivity contribution in [1.82, 2.24) is 19.6 Å². The molecule has 1 saturated heterocycles. The van der Waals surface area contributed by atoms with Crippen molar-refractivity contribution in [2.45, 2.75) is 37.1 Å². The Morgan fingerprint density at radius 1 is 1.29 bits per heavy atom. The minimum atomic E-state index is -3.54. The van der Waals surface area contributed by atoms with Crippen LogP contribution in [-0.4, -0.2) is 56.0 Å². The summed E-state index contributed by atoms with van der Waals surface area (Å²) in [5.41, 5.74) is 0. The highest BCUT2D eigenvalue weighted by Crippen LogP contribution is 2.13. The van der Waals surface area contributed by atoms with Crippen molar-refractivity contribution in [2.75, 3.05) is 32.0 Å². The van der Waals surface area contributed by atoms with E-state index >= 15 is 0 Å². The molecule has 2 N–H and O–H groups in total. The van der Waals surface area contributed by atoms with E-state index in [-0.39, 0.29) is 10.9 Å². The first-order valence-corrected chi connectivity index (χ1v) is 8.76. The molecule has 1 fully saturated rings. The Morgan fingerprint density at radius 2 is 1.90 bits per heavy atom. The van der Waals surface area contributed by atoms with Gasteiger partial charge in [-0.1, -0.05) is 6.92 Å². The molecule has 0 radical (unpaired) electrons. The van der Waals surface area contributed by atoms with Gasteiger partial charge in [-0.15, -0.1) is 0 Å². The zero-order valence-corrected chi connectivity index (χ0v) is 13.4. The second-order valence-electron chi connectivity index (χ2n) is 5.37. The molecule has 0 aliphatic carbocycles. The highest BCUT2D eigenvalue weighted by Gasteiger charge is 2.23. The summed E-state index contributed by atoms with van der Waals surface area (Å²) in [6.45, 7) is 4.62. The van der Waals surface area contributed by atoms with Crippen LogP contribution in [0.3, 0.4) is 0 Å². The van der Waals surface area contributed by atoms with E-state index in [0.29, 0.717) is 5.95 Å². The van der Waals surface area contributed by atoms with Crippen LogP contribution >= 0.6 is 0 Å². The Balaban J connectivity index is 1.98. The molecule has 0 amide bonds. The summed E-state index contributed by atoms with van der Waals surface area (Å²) in [7, 11) is -1.49. The number of sulfonamides is 1. The van der Waals surface area contributed by atoms with E-state index in [2.05, 4.69) is 24.9 Å². The lowest BCUT2D eigenvalue weighted by Gasteiger charge is -2.29. The zero-order chi connectivity index (χ0) is 15.3. The number of piperidine rings is 1. The molecule has 1 aromatic heterocycles. The Labute approximate surface area is 126 Å². The SMILES string of the molecule is CCCNc1ncc(S(=O)(=O)NC2CCN(C)CC2)cn1. The van der Waals surface area contributed by atoms with Gasteiger partial charge in [0.2, 0.25) is 16.0 Å². The first kappa shape index (κ1) is 16.1. The van der Waals surface area contributed by atoms with Crippen LogP contribution in [0.1, 0.15) is 26.2 Å². The molecule has 8 heteroatoms. The van der Waals surface area contributed by atoms with Crippen LogP contribution in [0.15, 0.2) is 17.3 Å². The van der Waals surface area contributed by atoms with Gasteiger partial charge in [-0.05, 0) is 39.4 Å².